The number of methoxy groups -OCH3 is 1. The fourth-order valence-corrected chi connectivity index (χ4v) is 4.44. The van der Waals surface area contributed by atoms with Crippen molar-refractivity contribution in [3.63, 3.8) is 0 Å². The molecule has 0 spiro atoms. The molecule has 0 fully saturated rings. The molecule has 0 saturated carbocycles. The van der Waals surface area contributed by atoms with Gasteiger partial charge >= 0.3 is 0 Å². The lowest BCUT2D eigenvalue weighted by Gasteiger charge is -2.11. The van der Waals surface area contributed by atoms with Gasteiger partial charge in [0.25, 0.3) is 0 Å². The molecule has 28 heavy (non-hydrogen) atoms. The first-order valence-electron chi connectivity index (χ1n) is 8.73. The van der Waals surface area contributed by atoms with Crippen LogP contribution in [0.15, 0.2) is 59.8 Å². The van der Waals surface area contributed by atoms with Gasteiger partial charge < -0.3 is 4.74 Å². The summed E-state index contributed by atoms with van der Waals surface area (Å²) in [5.41, 5.74) is 1.83. The Balaban J connectivity index is 1.89. The molecule has 1 heterocycles. The fraction of sp³-hybridized carbons (Fsp3) is 0.263. The molecule has 1 aromatic heterocycles. The number of nitrogens with zero attached hydrogens (tertiary/aromatic N) is 3. The summed E-state index contributed by atoms with van der Waals surface area (Å²) in [5.74, 6) is 2.14. The molecule has 148 valence electrons. The number of hydrogen-bond donors (Lipinski definition) is 1. The zero-order valence-corrected chi connectivity index (χ0v) is 17.3. The summed E-state index contributed by atoms with van der Waals surface area (Å²) in [6.45, 7) is 0. The van der Waals surface area contributed by atoms with Crippen LogP contribution in [0.1, 0.15) is 6.42 Å². The average Bonchev–Trinajstić information content (AvgIpc) is 3.16. The van der Waals surface area contributed by atoms with Gasteiger partial charge in [-0.1, -0.05) is 42.1 Å². The minimum Gasteiger partial charge on any atom is -0.497 e. The molecule has 1 N–H and O–H groups in total. The Morgan fingerprint density at radius 3 is 2.61 bits per heavy atom. The summed E-state index contributed by atoms with van der Waals surface area (Å²) in [6.07, 6.45) is 0.518. The standard InChI is InChI=1S/C19H22N4O3S2/c1-20-28(24,25)13-7-12-27-19-22-21-18(15-8-6-11-17(14-15)26-2)23(19)16-9-4-3-5-10-16/h3-6,8-11,14,20H,7,12-13H2,1-2H3. The molecule has 0 atom stereocenters. The van der Waals surface area contributed by atoms with Crippen LogP contribution in [0.3, 0.4) is 0 Å². The lowest BCUT2D eigenvalue weighted by molar-refractivity contribution is 0.415. The van der Waals surface area contributed by atoms with Crippen molar-refractivity contribution in [2.75, 3.05) is 25.7 Å². The Bertz CT molecular complexity index is 1020. The van der Waals surface area contributed by atoms with Gasteiger partial charge in [-0.05, 0) is 37.7 Å². The summed E-state index contributed by atoms with van der Waals surface area (Å²) in [7, 11) is -0.150. The molecular formula is C19H22N4O3S2. The first-order chi connectivity index (χ1) is 13.5. The lowest BCUT2D eigenvalue weighted by Crippen LogP contribution is -2.22. The Labute approximate surface area is 169 Å². The molecule has 0 bridgehead atoms. The number of thioether (sulfide) groups is 1. The first kappa shape index (κ1) is 20.4. The highest BCUT2D eigenvalue weighted by molar-refractivity contribution is 7.99. The van der Waals surface area contributed by atoms with Gasteiger partial charge in [0.2, 0.25) is 10.0 Å². The maximum absolute atomic E-state index is 11.6. The van der Waals surface area contributed by atoms with Crippen LogP contribution in [0.4, 0.5) is 0 Å². The third-order valence-corrected chi connectivity index (χ3v) is 6.54. The maximum atomic E-state index is 11.6. The normalized spacial score (nSPS) is 11.5. The van der Waals surface area contributed by atoms with Gasteiger partial charge in [0.15, 0.2) is 11.0 Å². The van der Waals surface area contributed by atoms with Crippen LogP contribution >= 0.6 is 11.8 Å². The van der Waals surface area contributed by atoms with Crippen LogP contribution in [0.25, 0.3) is 17.1 Å². The molecule has 3 rings (SSSR count). The Morgan fingerprint density at radius 2 is 1.89 bits per heavy atom. The van der Waals surface area contributed by atoms with E-state index in [0.717, 1.165) is 17.0 Å². The Morgan fingerprint density at radius 1 is 1.11 bits per heavy atom. The third-order valence-electron chi connectivity index (χ3n) is 4.08. The van der Waals surface area contributed by atoms with E-state index in [1.165, 1.54) is 18.8 Å². The lowest BCUT2D eigenvalue weighted by atomic mass is 10.2. The molecule has 7 nitrogen and oxygen atoms in total. The second kappa shape index (κ2) is 9.22. The number of aromatic nitrogens is 3. The number of rotatable bonds is 9. The smallest absolute Gasteiger partial charge is 0.211 e. The van der Waals surface area contributed by atoms with E-state index in [1.54, 1.807) is 7.11 Å². The molecular weight excluding hydrogens is 396 g/mol. The molecule has 2 aromatic carbocycles. The highest BCUT2D eigenvalue weighted by Gasteiger charge is 2.17. The van der Waals surface area contributed by atoms with Crippen LogP contribution in [0.2, 0.25) is 0 Å². The average molecular weight is 419 g/mol. The Hall–Kier alpha value is -2.36. The summed E-state index contributed by atoms with van der Waals surface area (Å²) in [4.78, 5) is 0. The van der Waals surface area contributed by atoms with Crippen molar-refractivity contribution in [3.05, 3.63) is 54.6 Å². The predicted molar refractivity (Wildman–Crippen MR) is 112 cm³/mol. The largest absolute Gasteiger partial charge is 0.497 e. The summed E-state index contributed by atoms with van der Waals surface area (Å²) < 4.78 is 32.8. The van der Waals surface area contributed by atoms with Gasteiger partial charge in [0, 0.05) is 17.0 Å². The van der Waals surface area contributed by atoms with E-state index in [9.17, 15) is 8.42 Å². The first-order valence-corrected chi connectivity index (χ1v) is 11.4. The van der Waals surface area contributed by atoms with Crippen LogP contribution in [0.5, 0.6) is 5.75 Å². The molecule has 3 aromatic rings. The van der Waals surface area contributed by atoms with Crippen molar-refractivity contribution < 1.29 is 13.2 Å². The molecule has 0 aliphatic heterocycles. The number of ether oxygens (including phenoxy) is 1. The van der Waals surface area contributed by atoms with Gasteiger partial charge in [0.05, 0.1) is 12.9 Å². The highest BCUT2D eigenvalue weighted by atomic mass is 32.2. The van der Waals surface area contributed by atoms with E-state index in [-0.39, 0.29) is 5.75 Å². The Kier molecular flexibility index (Phi) is 6.71. The van der Waals surface area contributed by atoms with Crippen molar-refractivity contribution >= 4 is 21.8 Å². The number of para-hydroxylation sites is 1. The van der Waals surface area contributed by atoms with E-state index < -0.39 is 10.0 Å². The number of nitrogens with one attached hydrogen (secondary N) is 1. The summed E-state index contributed by atoms with van der Waals surface area (Å²) >= 11 is 1.48. The monoisotopic (exact) mass is 418 g/mol. The van der Waals surface area contributed by atoms with Crippen LogP contribution in [0, 0.1) is 0 Å². The molecule has 0 aliphatic rings. The van der Waals surface area contributed by atoms with E-state index in [1.807, 2.05) is 59.2 Å². The van der Waals surface area contributed by atoms with Gasteiger partial charge in [-0.15, -0.1) is 10.2 Å². The van der Waals surface area contributed by atoms with Crippen molar-refractivity contribution in [3.8, 4) is 22.8 Å². The molecule has 0 saturated heterocycles. The van der Waals surface area contributed by atoms with Crippen LogP contribution in [-0.2, 0) is 10.0 Å². The minimum absolute atomic E-state index is 0.0821. The van der Waals surface area contributed by atoms with Gasteiger partial charge in [0.1, 0.15) is 5.75 Å². The van der Waals surface area contributed by atoms with Crippen LogP contribution in [-0.4, -0.2) is 48.8 Å². The second-order valence-electron chi connectivity index (χ2n) is 5.93. The van der Waals surface area contributed by atoms with Gasteiger partial charge in [-0.25, -0.2) is 13.1 Å². The summed E-state index contributed by atoms with van der Waals surface area (Å²) in [6, 6.07) is 17.5. The predicted octanol–water partition coefficient (Wildman–Crippen LogP) is 2.97. The molecule has 0 unspecified atom stereocenters. The van der Waals surface area contributed by atoms with Gasteiger partial charge in [-0.2, -0.15) is 0 Å². The number of sulfonamides is 1. The van der Waals surface area contributed by atoms with Crippen molar-refractivity contribution in [2.24, 2.45) is 0 Å². The molecule has 9 heteroatoms. The molecule has 0 radical (unpaired) electrons. The van der Waals surface area contributed by atoms with E-state index in [0.29, 0.717) is 23.2 Å². The zero-order valence-electron chi connectivity index (χ0n) is 15.7. The SMILES string of the molecule is CNS(=O)(=O)CCCSc1nnc(-c2cccc(OC)c2)n1-c1ccccc1. The maximum Gasteiger partial charge on any atom is 0.211 e. The van der Waals surface area contributed by atoms with Crippen molar-refractivity contribution in [2.45, 2.75) is 11.6 Å². The van der Waals surface area contributed by atoms with E-state index in [2.05, 4.69) is 14.9 Å². The third kappa shape index (κ3) is 4.92. The number of benzene rings is 2. The second-order valence-corrected chi connectivity index (χ2v) is 9.04. The van der Waals surface area contributed by atoms with Crippen molar-refractivity contribution in [1.29, 1.82) is 0 Å². The highest BCUT2D eigenvalue weighted by Crippen LogP contribution is 2.29. The van der Waals surface area contributed by atoms with Crippen LogP contribution < -0.4 is 9.46 Å². The van der Waals surface area contributed by atoms with Crippen molar-refractivity contribution in [1.82, 2.24) is 19.5 Å². The topological polar surface area (TPSA) is 86.1 Å². The van der Waals surface area contributed by atoms with Gasteiger partial charge in [-0.3, -0.25) is 4.57 Å². The zero-order chi connectivity index (χ0) is 20.0. The summed E-state index contributed by atoms with van der Waals surface area (Å²) in [5, 5.41) is 9.45. The van der Waals surface area contributed by atoms with E-state index in [4.69, 9.17) is 4.74 Å². The molecule has 0 amide bonds. The quantitative estimate of drug-likeness (QED) is 0.425. The molecule has 0 aliphatic carbocycles. The minimum atomic E-state index is -3.20. The van der Waals surface area contributed by atoms with E-state index >= 15 is 0 Å². The fourth-order valence-electron chi connectivity index (χ4n) is 2.64. The number of hydrogen-bond acceptors (Lipinski definition) is 6.